The van der Waals surface area contributed by atoms with Gasteiger partial charge in [-0.1, -0.05) is 26.7 Å². The Kier molecular flexibility index (Phi) is 3.68. The first-order valence-corrected chi connectivity index (χ1v) is 6.64. The molecular formula is C13H21N3O2. The summed E-state index contributed by atoms with van der Waals surface area (Å²) in [6.07, 6.45) is 4.82. The number of carboxylic acids is 1. The fourth-order valence-electron chi connectivity index (χ4n) is 2.61. The van der Waals surface area contributed by atoms with Crippen LogP contribution in [-0.2, 0) is 11.8 Å². The normalized spacial score (nSPS) is 19.9. The summed E-state index contributed by atoms with van der Waals surface area (Å²) < 4.78 is 1.75. The largest absolute Gasteiger partial charge is 0.481 e. The van der Waals surface area contributed by atoms with Gasteiger partial charge in [0.05, 0.1) is 5.92 Å². The summed E-state index contributed by atoms with van der Waals surface area (Å²) in [5.74, 6) is 0.811. The number of carboxylic acid groups (broad SMARTS) is 1. The van der Waals surface area contributed by atoms with Gasteiger partial charge in [0.2, 0.25) is 0 Å². The predicted molar refractivity (Wildman–Crippen MR) is 67.4 cm³/mol. The zero-order valence-electron chi connectivity index (χ0n) is 11.3. The van der Waals surface area contributed by atoms with Crippen LogP contribution in [0.4, 0.5) is 0 Å². The Hall–Kier alpha value is -1.39. The molecule has 0 saturated heterocycles. The highest BCUT2D eigenvalue weighted by molar-refractivity contribution is 5.70. The van der Waals surface area contributed by atoms with E-state index in [0.29, 0.717) is 5.92 Å². The van der Waals surface area contributed by atoms with Gasteiger partial charge in [-0.25, -0.2) is 4.98 Å². The van der Waals surface area contributed by atoms with Crippen molar-refractivity contribution in [3.05, 3.63) is 11.6 Å². The molecule has 2 unspecified atom stereocenters. The van der Waals surface area contributed by atoms with Gasteiger partial charge in [-0.05, 0) is 12.8 Å². The van der Waals surface area contributed by atoms with Gasteiger partial charge in [-0.3, -0.25) is 9.48 Å². The van der Waals surface area contributed by atoms with Gasteiger partial charge in [0, 0.05) is 18.9 Å². The van der Waals surface area contributed by atoms with Crippen molar-refractivity contribution < 1.29 is 9.90 Å². The van der Waals surface area contributed by atoms with Crippen molar-refractivity contribution in [1.82, 2.24) is 14.8 Å². The molecule has 0 spiro atoms. The second kappa shape index (κ2) is 5.08. The Bertz CT molecular complexity index is 435. The van der Waals surface area contributed by atoms with Crippen molar-refractivity contribution in [1.29, 1.82) is 0 Å². The monoisotopic (exact) mass is 251 g/mol. The molecule has 2 atom stereocenters. The van der Waals surface area contributed by atoms with E-state index < -0.39 is 11.9 Å². The molecule has 0 bridgehead atoms. The van der Waals surface area contributed by atoms with Crippen molar-refractivity contribution in [2.45, 2.75) is 51.4 Å². The van der Waals surface area contributed by atoms with Crippen molar-refractivity contribution in [2.24, 2.45) is 13.0 Å². The predicted octanol–water partition coefficient (Wildman–Crippen LogP) is 2.30. The topological polar surface area (TPSA) is 68.0 Å². The Morgan fingerprint density at radius 2 is 2.00 bits per heavy atom. The van der Waals surface area contributed by atoms with Crippen LogP contribution in [0.5, 0.6) is 0 Å². The summed E-state index contributed by atoms with van der Waals surface area (Å²) in [6.45, 7) is 3.62. The van der Waals surface area contributed by atoms with E-state index in [1.807, 2.05) is 14.0 Å². The van der Waals surface area contributed by atoms with E-state index >= 15 is 0 Å². The molecule has 1 saturated carbocycles. The van der Waals surface area contributed by atoms with E-state index in [2.05, 4.69) is 10.1 Å². The Labute approximate surface area is 107 Å². The molecule has 1 aromatic heterocycles. The lowest BCUT2D eigenvalue weighted by Crippen LogP contribution is -2.19. The average Bonchev–Trinajstić information content (AvgIpc) is 2.95. The number of aryl methyl sites for hydroxylation is 1. The smallest absolute Gasteiger partial charge is 0.306 e. The molecule has 5 nitrogen and oxygen atoms in total. The lowest BCUT2D eigenvalue weighted by molar-refractivity contribution is -0.141. The summed E-state index contributed by atoms with van der Waals surface area (Å²) in [4.78, 5) is 15.6. The van der Waals surface area contributed by atoms with Gasteiger partial charge in [0.1, 0.15) is 5.82 Å². The quantitative estimate of drug-likeness (QED) is 0.891. The number of rotatable bonds is 4. The summed E-state index contributed by atoms with van der Waals surface area (Å²) in [7, 11) is 1.85. The molecule has 1 aliphatic carbocycles. The maximum absolute atomic E-state index is 11.0. The molecule has 0 amide bonds. The molecular weight excluding hydrogens is 230 g/mol. The van der Waals surface area contributed by atoms with Crippen LogP contribution in [0.25, 0.3) is 0 Å². The SMILES string of the molecule is CC(C(=O)O)C(C)c1nc(C2CCCC2)nn1C. The van der Waals surface area contributed by atoms with Crippen molar-refractivity contribution in [2.75, 3.05) is 0 Å². The lowest BCUT2D eigenvalue weighted by Gasteiger charge is -2.14. The van der Waals surface area contributed by atoms with Gasteiger partial charge in [0.15, 0.2) is 5.82 Å². The molecule has 1 aliphatic rings. The molecule has 18 heavy (non-hydrogen) atoms. The summed E-state index contributed by atoms with van der Waals surface area (Å²) in [6, 6.07) is 0. The van der Waals surface area contributed by atoms with Gasteiger partial charge < -0.3 is 5.11 Å². The first-order valence-electron chi connectivity index (χ1n) is 6.64. The highest BCUT2D eigenvalue weighted by Crippen LogP contribution is 2.33. The number of aromatic nitrogens is 3. The Morgan fingerprint density at radius 1 is 1.39 bits per heavy atom. The van der Waals surface area contributed by atoms with Crippen molar-refractivity contribution >= 4 is 5.97 Å². The summed E-state index contributed by atoms with van der Waals surface area (Å²) in [5.41, 5.74) is 0. The number of hydrogen-bond donors (Lipinski definition) is 1. The molecule has 100 valence electrons. The minimum Gasteiger partial charge on any atom is -0.481 e. The maximum atomic E-state index is 11.0. The minimum atomic E-state index is -0.784. The van der Waals surface area contributed by atoms with E-state index in [1.165, 1.54) is 12.8 Å². The first kappa shape index (κ1) is 13.1. The lowest BCUT2D eigenvalue weighted by atomic mass is 9.95. The highest BCUT2D eigenvalue weighted by atomic mass is 16.4. The standard InChI is InChI=1S/C13H21N3O2/c1-8(9(2)13(17)18)12-14-11(15-16(12)3)10-6-4-5-7-10/h8-10H,4-7H2,1-3H3,(H,17,18). The fraction of sp³-hybridized carbons (Fsp3) is 0.769. The molecule has 5 heteroatoms. The third kappa shape index (κ3) is 2.40. The maximum Gasteiger partial charge on any atom is 0.306 e. The fourth-order valence-corrected chi connectivity index (χ4v) is 2.61. The summed E-state index contributed by atoms with van der Waals surface area (Å²) in [5, 5.41) is 13.5. The number of aliphatic carboxylic acids is 1. The average molecular weight is 251 g/mol. The zero-order valence-corrected chi connectivity index (χ0v) is 11.3. The van der Waals surface area contributed by atoms with Gasteiger partial charge >= 0.3 is 5.97 Å². The van der Waals surface area contributed by atoms with E-state index in [4.69, 9.17) is 5.11 Å². The third-order valence-electron chi connectivity index (χ3n) is 4.08. The van der Waals surface area contributed by atoms with Crippen LogP contribution in [-0.4, -0.2) is 25.8 Å². The van der Waals surface area contributed by atoms with Crippen LogP contribution in [0.1, 0.15) is 63.0 Å². The second-order valence-corrected chi connectivity index (χ2v) is 5.35. The summed E-state index contributed by atoms with van der Waals surface area (Å²) >= 11 is 0. The molecule has 0 aromatic carbocycles. The van der Waals surface area contributed by atoms with Crippen LogP contribution >= 0.6 is 0 Å². The first-order chi connectivity index (χ1) is 8.50. The van der Waals surface area contributed by atoms with E-state index in [0.717, 1.165) is 24.5 Å². The number of nitrogens with zero attached hydrogens (tertiary/aromatic N) is 3. The van der Waals surface area contributed by atoms with E-state index in [1.54, 1.807) is 11.6 Å². The Balaban J connectivity index is 2.20. The van der Waals surface area contributed by atoms with Crippen molar-refractivity contribution in [3.63, 3.8) is 0 Å². The van der Waals surface area contributed by atoms with Crippen LogP contribution in [0.3, 0.4) is 0 Å². The molecule has 2 rings (SSSR count). The number of carbonyl (C=O) groups is 1. The Morgan fingerprint density at radius 3 is 2.56 bits per heavy atom. The van der Waals surface area contributed by atoms with E-state index in [9.17, 15) is 4.79 Å². The van der Waals surface area contributed by atoms with E-state index in [-0.39, 0.29) is 5.92 Å². The molecule has 1 N–H and O–H groups in total. The van der Waals surface area contributed by atoms with Gasteiger partial charge in [-0.2, -0.15) is 5.10 Å². The molecule has 0 aliphatic heterocycles. The molecule has 1 aromatic rings. The molecule has 1 fully saturated rings. The molecule has 0 radical (unpaired) electrons. The zero-order chi connectivity index (χ0) is 13.3. The van der Waals surface area contributed by atoms with Crippen LogP contribution < -0.4 is 0 Å². The van der Waals surface area contributed by atoms with Crippen LogP contribution in [0.2, 0.25) is 0 Å². The highest BCUT2D eigenvalue weighted by Gasteiger charge is 2.28. The van der Waals surface area contributed by atoms with Gasteiger partial charge in [0.25, 0.3) is 0 Å². The molecule has 1 heterocycles. The van der Waals surface area contributed by atoms with Crippen molar-refractivity contribution in [3.8, 4) is 0 Å². The van der Waals surface area contributed by atoms with Crippen LogP contribution in [0.15, 0.2) is 0 Å². The third-order valence-corrected chi connectivity index (χ3v) is 4.08. The second-order valence-electron chi connectivity index (χ2n) is 5.35. The van der Waals surface area contributed by atoms with Crippen LogP contribution in [0, 0.1) is 5.92 Å². The van der Waals surface area contributed by atoms with Gasteiger partial charge in [-0.15, -0.1) is 0 Å². The number of hydrogen-bond acceptors (Lipinski definition) is 3. The minimum absolute atomic E-state index is 0.116.